The maximum absolute atomic E-state index is 11.5. The van der Waals surface area contributed by atoms with E-state index in [-0.39, 0.29) is 0 Å². The van der Waals surface area contributed by atoms with Gasteiger partial charge in [-0.25, -0.2) is 0 Å². The van der Waals surface area contributed by atoms with E-state index in [4.69, 9.17) is 11.6 Å². The van der Waals surface area contributed by atoms with Gasteiger partial charge in [0.05, 0.1) is 0 Å². The third-order valence-electron chi connectivity index (χ3n) is 2.50. The fourth-order valence-corrected chi connectivity index (χ4v) is 1.76. The zero-order valence-corrected chi connectivity index (χ0v) is 10.1. The molecular weight excluding hydrogens is 208 g/mol. The van der Waals surface area contributed by atoms with Crippen LogP contribution in [0.3, 0.4) is 0 Å². The minimum Gasteiger partial charge on any atom is -0.300 e. The van der Waals surface area contributed by atoms with Crippen LogP contribution in [0.4, 0.5) is 0 Å². The van der Waals surface area contributed by atoms with E-state index in [0.29, 0.717) is 24.5 Å². The lowest BCUT2D eigenvalue weighted by atomic mass is 9.94. The first-order valence-corrected chi connectivity index (χ1v) is 5.78. The normalized spacial score (nSPS) is 12.5. The minimum absolute atomic E-state index is 0.293. The third kappa shape index (κ3) is 4.05. The summed E-state index contributed by atoms with van der Waals surface area (Å²) in [5, 5.41) is 0.742. The Bertz CT molecular complexity index is 316. The lowest BCUT2D eigenvalue weighted by molar-refractivity contribution is -0.119. The van der Waals surface area contributed by atoms with Crippen molar-refractivity contribution >= 4 is 17.4 Å². The van der Waals surface area contributed by atoms with Crippen LogP contribution in [-0.2, 0) is 4.79 Å². The van der Waals surface area contributed by atoms with E-state index < -0.39 is 0 Å². The Morgan fingerprint density at radius 1 is 1.33 bits per heavy atom. The molecule has 1 aromatic carbocycles. The van der Waals surface area contributed by atoms with Gasteiger partial charge in [-0.3, -0.25) is 4.79 Å². The zero-order chi connectivity index (χ0) is 11.3. The summed E-state index contributed by atoms with van der Waals surface area (Å²) in [6.07, 6.45) is 2.26. The summed E-state index contributed by atoms with van der Waals surface area (Å²) in [5.41, 5.74) is 1.18. The number of carbonyl (C=O) groups excluding carboxylic acids is 1. The number of ketones is 1. The summed E-state index contributed by atoms with van der Waals surface area (Å²) in [7, 11) is 0. The Kier molecular flexibility index (Phi) is 4.83. The molecule has 15 heavy (non-hydrogen) atoms. The average Bonchev–Trinajstić information content (AvgIpc) is 2.18. The van der Waals surface area contributed by atoms with Crippen LogP contribution >= 0.6 is 11.6 Å². The average molecular weight is 225 g/mol. The topological polar surface area (TPSA) is 17.1 Å². The van der Waals surface area contributed by atoms with Gasteiger partial charge in [-0.05, 0) is 30.0 Å². The number of hydrogen-bond acceptors (Lipinski definition) is 1. The molecule has 0 amide bonds. The Labute approximate surface area is 96.5 Å². The molecule has 1 atom stereocenters. The quantitative estimate of drug-likeness (QED) is 0.733. The highest BCUT2D eigenvalue weighted by Gasteiger charge is 2.10. The third-order valence-corrected chi connectivity index (χ3v) is 2.75. The molecule has 1 unspecified atom stereocenters. The van der Waals surface area contributed by atoms with Crippen molar-refractivity contribution in [1.29, 1.82) is 0 Å². The predicted molar refractivity (Wildman–Crippen MR) is 64.4 cm³/mol. The number of Topliss-reactive ketones (excluding diaryl/α,β-unsaturated/α-hetero) is 1. The standard InChI is InChI=1S/C13H17ClO/c1-3-4-13(15)9-10(2)11-5-7-12(14)8-6-11/h5-8,10H,3-4,9H2,1-2H3. The Morgan fingerprint density at radius 2 is 1.93 bits per heavy atom. The summed E-state index contributed by atoms with van der Waals surface area (Å²) in [5.74, 6) is 0.640. The van der Waals surface area contributed by atoms with E-state index in [9.17, 15) is 4.79 Å². The monoisotopic (exact) mass is 224 g/mol. The second-order valence-electron chi connectivity index (χ2n) is 3.95. The minimum atomic E-state index is 0.293. The van der Waals surface area contributed by atoms with Gasteiger partial charge in [0.15, 0.2) is 0 Å². The molecule has 0 aliphatic carbocycles. The maximum Gasteiger partial charge on any atom is 0.133 e. The molecule has 0 aliphatic rings. The van der Waals surface area contributed by atoms with Crippen molar-refractivity contribution in [2.24, 2.45) is 0 Å². The summed E-state index contributed by atoms with van der Waals surface area (Å²) in [6.45, 7) is 4.11. The highest BCUT2D eigenvalue weighted by molar-refractivity contribution is 6.30. The van der Waals surface area contributed by atoms with E-state index in [0.717, 1.165) is 11.4 Å². The first kappa shape index (κ1) is 12.3. The van der Waals surface area contributed by atoms with Gasteiger partial charge in [0.2, 0.25) is 0 Å². The summed E-state index contributed by atoms with van der Waals surface area (Å²) in [6, 6.07) is 7.73. The lowest BCUT2D eigenvalue weighted by Gasteiger charge is -2.10. The largest absolute Gasteiger partial charge is 0.300 e. The molecule has 0 fully saturated rings. The first-order chi connectivity index (χ1) is 7.13. The van der Waals surface area contributed by atoms with Crippen molar-refractivity contribution in [3.8, 4) is 0 Å². The lowest BCUT2D eigenvalue weighted by Crippen LogP contribution is -2.03. The second-order valence-corrected chi connectivity index (χ2v) is 4.38. The van der Waals surface area contributed by atoms with Gasteiger partial charge in [0.25, 0.3) is 0 Å². The Hall–Kier alpha value is -0.820. The van der Waals surface area contributed by atoms with Crippen LogP contribution in [0.15, 0.2) is 24.3 Å². The number of rotatable bonds is 5. The molecule has 0 aliphatic heterocycles. The summed E-state index contributed by atoms with van der Waals surface area (Å²) >= 11 is 5.80. The van der Waals surface area contributed by atoms with Crippen LogP contribution in [0.5, 0.6) is 0 Å². The molecule has 1 nitrogen and oxygen atoms in total. The molecule has 2 heteroatoms. The van der Waals surface area contributed by atoms with Crippen molar-refractivity contribution in [2.45, 2.75) is 39.0 Å². The number of hydrogen-bond donors (Lipinski definition) is 0. The van der Waals surface area contributed by atoms with Crippen molar-refractivity contribution in [3.63, 3.8) is 0 Å². The van der Waals surface area contributed by atoms with E-state index in [1.807, 2.05) is 31.2 Å². The van der Waals surface area contributed by atoms with Crippen LogP contribution in [0.1, 0.15) is 44.6 Å². The second kappa shape index (κ2) is 5.92. The van der Waals surface area contributed by atoms with Crippen LogP contribution in [0.25, 0.3) is 0 Å². The van der Waals surface area contributed by atoms with Crippen LogP contribution in [0.2, 0.25) is 5.02 Å². The predicted octanol–water partition coefficient (Wildman–Crippen LogP) is 4.20. The first-order valence-electron chi connectivity index (χ1n) is 5.40. The molecule has 0 bridgehead atoms. The molecule has 1 rings (SSSR count). The van der Waals surface area contributed by atoms with Gasteiger partial charge in [0, 0.05) is 17.9 Å². The molecule has 82 valence electrons. The Balaban J connectivity index is 2.57. The summed E-state index contributed by atoms with van der Waals surface area (Å²) < 4.78 is 0. The number of benzene rings is 1. The zero-order valence-electron chi connectivity index (χ0n) is 9.29. The maximum atomic E-state index is 11.5. The van der Waals surface area contributed by atoms with Gasteiger partial charge in [-0.15, -0.1) is 0 Å². The van der Waals surface area contributed by atoms with E-state index >= 15 is 0 Å². The van der Waals surface area contributed by atoms with E-state index in [1.165, 1.54) is 5.56 Å². The van der Waals surface area contributed by atoms with E-state index in [2.05, 4.69) is 6.92 Å². The molecule has 0 aromatic heterocycles. The number of halogens is 1. The SMILES string of the molecule is CCCC(=O)CC(C)c1ccc(Cl)cc1. The van der Waals surface area contributed by atoms with Crippen LogP contribution in [0, 0.1) is 0 Å². The van der Waals surface area contributed by atoms with Gasteiger partial charge >= 0.3 is 0 Å². The molecule has 0 saturated heterocycles. The fraction of sp³-hybridized carbons (Fsp3) is 0.462. The highest BCUT2D eigenvalue weighted by atomic mass is 35.5. The van der Waals surface area contributed by atoms with Crippen molar-refractivity contribution in [2.75, 3.05) is 0 Å². The van der Waals surface area contributed by atoms with Gasteiger partial charge in [-0.1, -0.05) is 37.6 Å². The van der Waals surface area contributed by atoms with Crippen LogP contribution < -0.4 is 0 Å². The van der Waals surface area contributed by atoms with E-state index in [1.54, 1.807) is 0 Å². The Morgan fingerprint density at radius 3 is 2.47 bits per heavy atom. The van der Waals surface area contributed by atoms with Crippen LogP contribution in [-0.4, -0.2) is 5.78 Å². The number of carbonyl (C=O) groups is 1. The molecular formula is C13H17ClO. The van der Waals surface area contributed by atoms with Gasteiger partial charge in [0.1, 0.15) is 5.78 Å². The fourth-order valence-electron chi connectivity index (χ4n) is 1.63. The molecule has 0 spiro atoms. The molecule has 0 radical (unpaired) electrons. The molecule has 0 heterocycles. The molecule has 0 saturated carbocycles. The van der Waals surface area contributed by atoms with Gasteiger partial charge < -0.3 is 0 Å². The molecule has 0 N–H and O–H groups in total. The molecule has 1 aromatic rings. The van der Waals surface area contributed by atoms with Crippen molar-refractivity contribution in [3.05, 3.63) is 34.9 Å². The van der Waals surface area contributed by atoms with Crippen molar-refractivity contribution < 1.29 is 4.79 Å². The summed E-state index contributed by atoms with van der Waals surface area (Å²) in [4.78, 5) is 11.5. The highest BCUT2D eigenvalue weighted by Crippen LogP contribution is 2.21. The van der Waals surface area contributed by atoms with Gasteiger partial charge in [-0.2, -0.15) is 0 Å². The smallest absolute Gasteiger partial charge is 0.133 e. The van der Waals surface area contributed by atoms with Crippen molar-refractivity contribution in [1.82, 2.24) is 0 Å².